The lowest BCUT2D eigenvalue weighted by atomic mass is 9.81. The fourth-order valence-corrected chi connectivity index (χ4v) is 5.05. The summed E-state index contributed by atoms with van der Waals surface area (Å²) in [6, 6.07) is 10.0. The molecule has 2 amide bonds. The van der Waals surface area contributed by atoms with Crippen LogP contribution in [0.15, 0.2) is 30.3 Å². The van der Waals surface area contributed by atoms with E-state index in [1.807, 2.05) is 51.1 Å². The summed E-state index contributed by atoms with van der Waals surface area (Å²) in [6.07, 6.45) is 2.76. The molecule has 1 aromatic carbocycles. The molecular formula is C24H35N3O4. The number of alkyl carbamates (subject to hydrolysis) is 1. The zero-order valence-electron chi connectivity index (χ0n) is 18.9. The molecule has 0 aliphatic carbocycles. The van der Waals surface area contributed by atoms with Gasteiger partial charge in [0.15, 0.2) is 0 Å². The van der Waals surface area contributed by atoms with E-state index in [2.05, 4.69) is 10.2 Å². The van der Waals surface area contributed by atoms with Gasteiger partial charge in [-0.2, -0.15) is 0 Å². The number of fused-ring (bicyclic) bond motifs is 3. The lowest BCUT2D eigenvalue weighted by molar-refractivity contribution is -0.0370. The minimum Gasteiger partial charge on any atom is -0.445 e. The Morgan fingerprint density at radius 3 is 2.23 bits per heavy atom. The Labute approximate surface area is 185 Å². The number of likely N-dealkylation sites (tertiary alicyclic amines) is 1. The monoisotopic (exact) mass is 429 g/mol. The van der Waals surface area contributed by atoms with Gasteiger partial charge in [-0.1, -0.05) is 30.3 Å². The van der Waals surface area contributed by atoms with Crippen LogP contribution >= 0.6 is 0 Å². The highest BCUT2D eigenvalue weighted by Crippen LogP contribution is 2.35. The molecule has 4 heterocycles. The largest absolute Gasteiger partial charge is 0.445 e. The molecule has 1 atom stereocenters. The summed E-state index contributed by atoms with van der Waals surface area (Å²) in [5.41, 5.74) is -0.0300. The van der Waals surface area contributed by atoms with Crippen molar-refractivity contribution in [3.8, 4) is 0 Å². The predicted molar refractivity (Wildman–Crippen MR) is 118 cm³/mol. The molecular weight excluding hydrogens is 394 g/mol. The molecule has 0 spiro atoms. The maximum absolute atomic E-state index is 13.0. The van der Waals surface area contributed by atoms with E-state index in [1.165, 1.54) is 0 Å². The summed E-state index contributed by atoms with van der Waals surface area (Å²) in [5, 5.41) is 3.20. The first-order valence-electron chi connectivity index (χ1n) is 11.5. The number of amides is 2. The van der Waals surface area contributed by atoms with Crippen molar-refractivity contribution in [2.24, 2.45) is 5.92 Å². The molecule has 4 fully saturated rings. The maximum atomic E-state index is 13.0. The molecule has 31 heavy (non-hydrogen) atoms. The van der Waals surface area contributed by atoms with Crippen LogP contribution in [0.4, 0.5) is 9.59 Å². The zero-order chi connectivity index (χ0) is 22.1. The van der Waals surface area contributed by atoms with Crippen LogP contribution in [0.1, 0.15) is 52.0 Å². The van der Waals surface area contributed by atoms with Gasteiger partial charge in [0.05, 0.1) is 5.54 Å². The van der Waals surface area contributed by atoms with Crippen LogP contribution in [-0.4, -0.2) is 66.4 Å². The standard InChI is InChI=1S/C24H35N3O4/c1-23(2,3)31-22(29)27-15-11-24(12-16-27,19-7-5-4-6-8-19)25-21(28)30-20-17-26-13-9-18(20)10-14-26/h4-8,18,20H,9-17H2,1-3H3,(H,25,28)/t20-/m0/s1. The van der Waals surface area contributed by atoms with Gasteiger partial charge in [-0.15, -0.1) is 0 Å². The third-order valence-corrected chi connectivity index (χ3v) is 6.79. The van der Waals surface area contributed by atoms with E-state index < -0.39 is 11.1 Å². The number of hydrogen-bond donors (Lipinski definition) is 1. The van der Waals surface area contributed by atoms with E-state index in [-0.39, 0.29) is 18.3 Å². The van der Waals surface area contributed by atoms with Gasteiger partial charge in [0.2, 0.25) is 0 Å². The smallest absolute Gasteiger partial charge is 0.410 e. The van der Waals surface area contributed by atoms with Crippen molar-refractivity contribution in [3.05, 3.63) is 35.9 Å². The van der Waals surface area contributed by atoms with E-state index in [9.17, 15) is 9.59 Å². The average molecular weight is 430 g/mol. The molecule has 5 rings (SSSR count). The topological polar surface area (TPSA) is 71.1 Å². The maximum Gasteiger partial charge on any atom is 0.410 e. The minimum absolute atomic E-state index is 0.0304. The molecule has 0 radical (unpaired) electrons. The molecule has 0 aromatic heterocycles. The van der Waals surface area contributed by atoms with Crippen molar-refractivity contribution in [1.29, 1.82) is 0 Å². The van der Waals surface area contributed by atoms with Crippen LogP contribution in [0.3, 0.4) is 0 Å². The molecule has 0 saturated carbocycles. The fraction of sp³-hybridized carbons (Fsp3) is 0.667. The average Bonchev–Trinajstić information content (AvgIpc) is 2.74. The van der Waals surface area contributed by atoms with Crippen LogP contribution < -0.4 is 5.32 Å². The zero-order valence-corrected chi connectivity index (χ0v) is 18.9. The van der Waals surface area contributed by atoms with Crippen LogP contribution in [0, 0.1) is 5.92 Å². The Hall–Kier alpha value is -2.28. The highest BCUT2D eigenvalue weighted by Gasteiger charge is 2.42. The van der Waals surface area contributed by atoms with Crippen LogP contribution in [0.5, 0.6) is 0 Å². The second-order valence-electron chi connectivity index (χ2n) is 10.1. The number of nitrogens with zero attached hydrogens (tertiary/aromatic N) is 2. The molecule has 1 N–H and O–H groups in total. The third-order valence-electron chi connectivity index (χ3n) is 6.79. The van der Waals surface area contributed by atoms with Gasteiger partial charge in [0.25, 0.3) is 0 Å². The molecule has 7 heteroatoms. The Morgan fingerprint density at radius 2 is 1.68 bits per heavy atom. The number of hydrogen-bond acceptors (Lipinski definition) is 5. The lowest BCUT2D eigenvalue weighted by Crippen LogP contribution is -2.57. The third kappa shape index (κ3) is 5.14. The van der Waals surface area contributed by atoms with E-state index >= 15 is 0 Å². The molecule has 4 saturated heterocycles. The molecule has 0 unspecified atom stereocenters. The van der Waals surface area contributed by atoms with Gasteiger partial charge in [0, 0.05) is 19.6 Å². The first kappa shape index (κ1) is 21.9. The summed E-state index contributed by atoms with van der Waals surface area (Å²) in [4.78, 5) is 29.6. The molecule has 7 nitrogen and oxygen atoms in total. The lowest BCUT2D eigenvalue weighted by Gasteiger charge is -2.45. The molecule has 2 bridgehead atoms. The number of benzene rings is 1. The molecule has 1 aromatic rings. The summed E-state index contributed by atoms with van der Waals surface area (Å²) in [5.74, 6) is 0.470. The van der Waals surface area contributed by atoms with Crippen molar-refractivity contribution >= 4 is 12.2 Å². The van der Waals surface area contributed by atoms with Gasteiger partial charge in [-0.25, -0.2) is 9.59 Å². The fourth-order valence-electron chi connectivity index (χ4n) is 5.05. The second kappa shape index (κ2) is 8.69. The van der Waals surface area contributed by atoms with Gasteiger partial charge in [0.1, 0.15) is 11.7 Å². The Kier molecular flexibility index (Phi) is 6.15. The number of piperidine rings is 4. The van der Waals surface area contributed by atoms with Crippen molar-refractivity contribution in [2.45, 2.75) is 63.7 Å². The highest BCUT2D eigenvalue weighted by molar-refractivity contribution is 5.70. The second-order valence-corrected chi connectivity index (χ2v) is 10.1. The molecule has 170 valence electrons. The van der Waals surface area contributed by atoms with E-state index in [4.69, 9.17) is 9.47 Å². The summed E-state index contributed by atoms with van der Waals surface area (Å²) < 4.78 is 11.4. The van der Waals surface area contributed by atoms with Gasteiger partial charge in [-0.05, 0) is 71.0 Å². The normalized spacial score (nSPS) is 27.5. The van der Waals surface area contributed by atoms with E-state index in [1.54, 1.807) is 4.90 Å². The quantitative estimate of drug-likeness (QED) is 0.793. The summed E-state index contributed by atoms with van der Waals surface area (Å²) in [7, 11) is 0. The first-order chi connectivity index (χ1) is 14.7. The number of ether oxygens (including phenoxy) is 2. The Morgan fingerprint density at radius 1 is 1.03 bits per heavy atom. The van der Waals surface area contributed by atoms with Crippen LogP contribution in [0.25, 0.3) is 0 Å². The number of rotatable bonds is 3. The van der Waals surface area contributed by atoms with Gasteiger partial charge in [-0.3, -0.25) is 4.90 Å². The minimum atomic E-state index is -0.551. The van der Waals surface area contributed by atoms with Crippen molar-refractivity contribution in [2.75, 3.05) is 32.7 Å². The number of carbonyl (C=O) groups excluding carboxylic acids is 2. The molecule has 4 aliphatic rings. The van der Waals surface area contributed by atoms with Crippen molar-refractivity contribution in [1.82, 2.24) is 15.1 Å². The van der Waals surface area contributed by atoms with Gasteiger partial charge < -0.3 is 19.7 Å². The Bertz CT molecular complexity index is 776. The summed E-state index contributed by atoms with van der Waals surface area (Å²) in [6.45, 7) is 9.71. The number of nitrogens with one attached hydrogen (secondary N) is 1. The highest BCUT2D eigenvalue weighted by atomic mass is 16.6. The van der Waals surface area contributed by atoms with Crippen molar-refractivity contribution in [3.63, 3.8) is 0 Å². The molecule has 4 aliphatic heterocycles. The first-order valence-corrected chi connectivity index (χ1v) is 11.5. The Balaban J connectivity index is 1.43. The van der Waals surface area contributed by atoms with E-state index in [0.717, 1.165) is 38.0 Å². The summed E-state index contributed by atoms with van der Waals surface area (Å²) >= 11 is 0. The SMILES string of the molecule is CC(C)(C)OC(=O)N1CCC(NC(=O)O[C@H]2CN3CCC2CC3)(c2ccccc2)CC1. The number of carbonyl (C=O) groups is 2. The van der Waals surface area contributed by atoms with E-state index in [0.29, 0.717) is 31.8 Å². The van der Waals surface area contributed by atoms with Crippen molar-refractivity contribution < 1.29 is 19.1 Å². The van der Waals surface area contributed by atoms with Gasteiger partial charge >= 0.3 is 12.2 Å². The van der Waals surface area contributed by atoms with Crippen LogP contribution in [0.2, 0.25) is 0 Å². The van der Waals surface area contributed by atoms with Crippen LogP contribution in [-0.2, 0) is 15.0 Å². The predicted octanol–water partition coefficient (Wildman–Crippen LogP) is 3.73.